The predicted molar refractivity (Wildman–Crippen MR) is 82.8 cm³/mol. The summed E-state index contributed by atoms with van der Waals surface area (Å²) in [6.45, 7) is 1.87. The molecule has 1 atom stereocenters. The Morgan fingerprint density at radius 3 is 3.05 bits per heavy atom. The SMILES string of the molecule is CC(N)CCC(=O)Nc1ncc(Cc2cccc(F)c2)s1. The molecule has 0 saturated carbocycles. The number of carbonyl (C=O) groups excluding carboxylic acids is 1. The molecule has 0 aliphatic rings. The van der Waals surface area contributed by atoms with Gasteiger partial charge < -0.3 is 11.1 Å². The van der Waals surface area contributed by atoms with Crippen LogP contribution >= 0.6 is 11.3 Å². The zero-order valence-corrected chi connectivity index (χ0v) is 12.6. The van der Waals surface area contributed by atoms with Crippen LogP contribution in [0.2, 0.25) is 0 Å². The molecular weight excluding hydrogens is 289 g/mol. The molecule has 0 aliphatic carbocycles. The molecule has 0 spiro atoms. The van der Waals surface area contributed by atoms with Gasteiger partial charge in [0.2, 0.25) is 5.91 Å². The number of anilines is 1. The first-order valence-electron chi connectivity index (χ1n) is 6.77. The van der Waals surface area contributed by atoms with Crippen LogP contribution in [-0.2, 0) is 11.2 Å². The summed E-state index contributed by atoms with van der Waals surface area (Å²) in [6.07, 6.45) is 3.34. The van der Waals surface area contributed by atoms with E-state index in [2.05, 4.69) is 10.3 Å². The minimum Gasteiger partial charge on any atom is -0.328 e. The second kappa shape index (κ2) is 7.28. The van der Waals surface area contributed by atoms with Crippen molar-refractivity contribution in [3.63, 3.8) is 0 Å². The van der Waals surface area contributed by atoms with E-state index < -0.39 is 0 Å². The number of hydrogen-bond donors (Lipinski definition) is 2. The third kappa shape index (κ3) is 5.24. The highest BCUT2D eigenvalue weighted by atomic mass is 32.1. The first-order valence-corrected chi connectivity index (χ1v) is 7.59. The van der Waals surface area contributed by atoms with E-state index in [4.69, 9.17) is 5.73 Å². The van der Waals surface area contributed by atoms with E-state index in [1.54, 1.807) is 12.3 Å². The molecule has 2 aromatic rings. The van der Waals surface area contributed by atoms with Crippen molar-refractivity contribution in [1.82, 2.24) is 4.98 Å². The Bertz CT molecular complexity index is 612. The number of nitrogens with zero attached hydrogens (tertiary/aromatic N) is 1. The molecule has 0 fully saturated rings. The van der Waals surface area contributed by atoms with Gasteiger partial charge in [-0.2, -0.15) is 0 Å². The van der Waals surface area contributed by atoms with E-state index in [1.807, 2.05) is 13.0 Å². The molecule has 0 bridgehead atoms. The lowest BCUT2D eigenvalue weighted by atomic mass is 10.1. The maximum atomic E-state index is 13.1. The second-order valence-corrected chi connectivity index (χ2v) is 6.12. The number of amides is 1. The van der Waals surface area contributed by atoms with E-state index in [0.29, 0.717) is 24.4 Å². The normalized spacial score (nSPS) is 12.1. The Kier molecular flexibility index (Phi) is 5.41. The molecule has 1 amide bonds. The molecule has 4 nitrogen and oxygen atoms in total. The molecule has 1 unspecified atom stereocenters. The van der Waals surface area contributed by atoms with Crippen LogP contribution in [0.1, 0.15) is 30.2 Å². The summed E-state index contributed by atoms with van der Waals surface area (Å²) in [5.41, 5.74) is 6.50. The summed E-state index contributed by atoms with van der Waals surface area (Å²) in [7, 11) is 0. The van der Waals surface area contributed by atoms with Gasteiger partial charge in [-0.25, -0.2) is 9.37 Å². The summed E-state index contributed by atoms with van der Waals surface area (Å²) < 4.78 is 13.1. The van der Waals surface area contributed by atoms with Crippen LogP contribution in [0.25, 0.3) is 0 Å². The number of benzene rings is 1. The van der Waals surface area contributed by atoms with Crippen LogP contribution in [0.15, 0.2) is 30.5 Å². The minimum absolute atomic E-state index is 0.00980. The van der Waals surface area contributed by atoms with Gasteiger partial charge in [-0.15, -0.1) is 11.3 Å². The molecule has 0 saturated heterocycles. The number of nitrogens with two attached hydrogens (primary N) is 1. The highest BCUT2D eigenvalue weighted by Gasteiger charge is 2.08. The maximum Gasteiger partial charge on any atom is 0.226 e. The minimum atomic E-state index is -0.249. The van der Waals surface area contributed by atoms with Crippen LogP contribution in [0.5, 0.6) is 0 Å². The van der Waals surface area contributed by atoms with Gasteiger partial charge in [0.15, 0.2) is 5.13 Å². The van der Waals surface area contributed by atoms with Gasteiger partial charge in [-0.3, -0.25) is 4.79 Å². The Balaban J connectivity index is 1.91. The summed E-state index contributed by atoms with van der Waals surface area (Å²) in [6, 6.07) is 6.48. The predicted octanol–water partition coefficient (Wildman–Crippen LogP) is 2.94. The Morgan fingerprint density at radius 2 is 2.33 bits per heavy atom. The number of nitrogens with one attached hydrogen (secondary N) is 1. The second-order valence-electron chi connectivity index (χ2n) is 5.00. The Morgan fingerprint density at radius 1 is 1.52 bits per heavy atom. The van der Waals surface area contributed by atoms with Crippen molar-refractivity contribution < 1.29 is 9.18 Å². The van der Waals surface area contributed by atoms with Crippen LogP contribution in [0, 0.1) is 5.82 Å². The van der Waals surface area contributed by atoms with Gasteiger partial charge >= 0.3 is 0 Å². The number of rotatable bonds is 6. The number of aromatic nitrogens is 1. The standard InChI is InChI=1S/C15H18FN3OS/c1-10(17)5-6-14(20)19-15-18-9-13(21-15)8-11-3-2-4-12(16)7-11/h2-4,7,9-10H,5-6,8,17H2,1H3,(H,18,19,20). The van der Waals surface area contributed by atoms with Crippen LogP contribution in [0.4, 0.5) is 9.52 Å². The summed E-state index contributed by atoms with van der Waals surface area (Å²) in [4.78, 5) is 16.8. The van der Waals surface area contributed by atoms with E-state index in [-0.39, 0.29) is 17.8 Å². The molecular formula is C15H18FN3OS. The summed E-state index contributed by atoms with van der Waals surface area (Å²) in [5, 5.41) is 3.32. The van der Waals surface area contributed by atoms with Gasteiger partial charge in [0.1, 0.15) is 5.82 Å². The zero-order chi connectivity index (χ0) is 15.2. The molecule has 1 aromatic carbocycles. The number of thiazole rings is 1. The Hall–Kier alpha value is -1.79. The average Bonchev–Trinajstić information content (AvgIpc) is 2.83. The quantitative estimate of drug-likeness (QED) is 0.862. The van der Waals surface area contributed by atoms with Crippen LogP contribution < -0.4 is 11.1 Å². The molecule has 0 radical (unpaired) electrons. The zero-order valence-electron chi connectivity index (χ0n) is 11.8. The molecule has 3 N–H and O–H groups in total. The monoisotopic (exact) mass is 307 g/mol. The fraction of sp³-hybridized carbons (Fsp3) is 0.333. The van der Waals surface area contributed by atoms with Crippen molar-refractivity contribution in [3.05, 3.63) is 46.7 Å². The molecule has 6 heteroatoms. The Labute approximate surface area is 127 Å². The van der Waals surface area contributed by atoms with Gasteiger partial charge in [0.25, 0.3) is 0 Å². The summed E-state index contributed by atoms with van der Waals surface area (Å²) in [5.74, 6) is -0.333. The van der Waals surface area contributed by atoms with Crippen molar-refractivity contribution in [2.24, 2.45) is 5.73 Å². The van der Waals surface area contributed by atoms with Gasteiger partial charge in [-0.05, 0) is 31.0 Å². The van der Waals surface area contributed by atoms with Gasteiger partial charge in [-0.1, -0.05) is 12.1 Å². The highest BCUT2D eigenvalue weighted by Crippen LogP contribution is 2.21. The average molecular weight is 307 g/mol. The van der Waals surface area contributed by atoms with Crippen molar-refractivity contribution in [2.45, 2.75) is 32.2 Å². The van der Waals surface area contributed by atoms with Crippen LogP contribution in [0.3, 0.4) is 0 Å². The lowest BCUT2D eigenvalue weighted by molar-refractivity contribution is -0.116. The number of carbonyl (C=O) groups is 1. The first kappa shape index (κ1) is 15.6. The fourth-order valence-corrected chi connectivity index (χ4v) is 2.70. The topological polar surface area (TPSA) is 68.0 Å². The van der Waals surface area contributed by atoms with E-state index in [0.717, 1.165) is 10.4 Å². The lowest BCUT2D eigenvalue weighted by Crippen LogP contribution is -2.19. The van der Waals surface area contributed by atoms with Crippen molar-refractivity contribution in [1.29, 1.82) is 0 Å². The summed E-state index contributed by atoms with van der Waals surface area (Å²) >= 11 is 1.40. The number of halogens is 1. The largest absolute Gasteiger partial charge is 0.328 e. The molecule has 0 aliphatic heterocycles. The van der Waals surface area contributed by atoms with Crippen molar-refractivity contribution >= 4 is 22.4 Å². The number of hydrogen-bond acceptors (Lipinski definition) is 4. The molecule has 1 heterocycles. The van der Waals surface area contributed by atoms with Crippen LogP contribution in [-0.4, -0.2) is 16.9 Å². The molecule has 112 valence electrons. The smallest absolute Gasteiger partial charge is 0.226 e. The van der Waals surface area contributed by atoms with Crippen molar-refractivity contribution in [2.75, 3.05) is 5.32 Å². The third-order valence-corrected chi connectivity index (χ3v) is 3.81. The highest BCUT2D eigenvalue weighted by molar-refractivity contribution is 7.15. The van der Waals surface area contributed by atoms with Gasteiger partial charge in [0, 0.05) is 30.0 Å². The van der Waals surface area contributed by atoms with E-state index in [9.17, 15) is 9.18 Å². The van der Waals surface area contributed by atoms with E-state index in [1.165, 1.54) is 23.5 Å². The molecule has 1 aromatic heterocycles. The third-order valence-electron chi connectivity index (χ3n) is 2.89. The lowest BCUT2D eigenvalue weighted by Gasteiger charge is -2.04. The van der Waals surface area contributed by atoms with Gasteiger partial charge in [0.05, 0.1) is 0 Å². The van der Waals surface area contributed by atoms with Crippen molar-refractivity contribution in [3.8, 4) is 0 Å². The fourth-order valence-electron chi connectivity index (χ4n) is 1.84. The maximum absolute atomic E-state index is 13.1. The van der Waals surface area contributed by atoms with E-state index >= 15 is 0 Å². The molecule has 21 heavy (non-hydrogen) atoms. The first-order chi connectivity index (χ1) is 10.0. The molecule has 2 rings (SSSR count).